The first-order chi connectivity index (χ1) is 9.61. The maximum Gasteiger partial charge on any atom is 0.311 e. The normalized spacial score (nSPS) is 11.9. The molecule has 104 valence electrons. The van der Waals surface area contributed by atoms with E-state index in [-0.39, 0.29) is 18.1 Å². The number of pyridine rings is 1. The average molecular weight is 294 g/mol. The molecule has 0 spiro atoms. The Hall–Kier alpha value is -2.18. The Balaban J connectivity index is 2.27. The summed E-state index contributed by atoms with van der Waals surface area (Å²) < 4.78 is 0. The molecule has 0 radical (unpaired) electrons. The van der Waals surface area contributed by atoms with Gasteiger partial charge in [0.1, 0.15) is 0 Å². The minimum absolute atomic E-state index is 0.117. The zero-order chi connectivity index (χ0) is 14.5. The van der Waals surface area contributed by atoms with Crippen LogP contribution in [0.25, 0.3) is 0 Å². The lowest BCUT2D eigenvalue weighted by molar-refractivity contribution is -0.384. The zero-order valence-electron chi connectivity index (χ0n) is 10.4. The van der Waals surface area contributed by atoms with Crippen LogP contribution in [0.15, 0.2) is 42.6 Å². The van der Waals surface area contributed by atoms with Crippen molar-refractivity contribution in [2.24, 2.45) is 0 Å². The van der Waals surface area contributed by atoms with Gasteiger partial charge >= 0.3 is 5.69 Å². The van der Waals surface area contributed by atoms with Gasteiger partial charge in [0.25, 0.3) is 0 Å². The average Bonchev–Trinajstić information content (AvgIpc) is 2.46. The Morgan fingerprint density at radius 1 is 1.35 bits per heavy atom. The Morgan fingerprint density at radius 3 is 2.65 bits per heavy atom. The molecule has 0 fully saturated rings. The number of rotatable bonds is 5. The van der Waals surface area contributed by atoms with Crippen molar-refractivity contribution in [2.45, 2.75) is 6.04 Å². The van der Waals surface area contributed by atoms with Crippen LogP contribution in [0.1, 0.15) is 11.6 Å². The standard InChI is InChI=1S/C13H12ClN3O3/c14-10-5-3-9(4-6-10)11(8-18)16-13-12(17(19)20)2-1-7-15-13/h1-7,11,18H,8H2,(H,15,16). The second kappa shape index (κ2) is 6.31. The second-order valence-electron chi connectivity index (χ2n) is 4.06. The van der Waals surface area contributed by atoms with E-state index in [2.05, 4.69) is 10.3 Å². The highest BCUT2D eigenvalue weighted by Crippen LogP contribution is 2.26. The van der Waals surface area contributed by atoms with Crippen LogP contribution in [-0.2, 0) is 0 Å². The number of aliphatic hydroxyl groups is 1. The van der Waals surface area contributed by atoms with Crippen LogP contribution in [-0.4, -0.2) is 21.6 Å². The molecule has 2 rings (SSSR count). The fraction of sp³-hybridized carbons (Fsp3) is 0.154. The number of aromatic nitrogens is 1. The molecule has 2 aromatic rings. The molecule has 1 atom stereocenters. The molecular formula is C13H12ClN3O3. The highest BCUT2D eigenvalue weighted by Gasteiger charge is 2.18. The van der Waals surface area contributed by atoms with Gasteiger partial charge in [-0.25, -0.2) is 4.98 Å². The zero-order valence-corrected chi connectivity index (χ0v) is 11.1. The predicted octanol–water partition coefficient (Wildman–Crippen LogP) is 2.79. The second-order valence-corrected chi connectivity index (χ2v) is 4.50. The number of nitrogens with one attached hydrogen (secondary N) is 1. The number of halogens is 1. The molecule has 0 amide bonds. The van der Waals surface area contributed by atoms with E-state index in [1.54, 1.807) is 24.3 Å². The highest BCUT2D eigenvalue weighted by molar-refractivity contribution is 6.30. The van der Waals surface area contributed by atoms with Gasteiger partial charge in [0.2, 0.25) is 5.82 Å². The van der Waals surface area contributed by atoms with Gasteiger partial charge in [-0.1, -0.05) is 23.7 Å². The summed E-state index contributed by atoms with van der Waals surface area (Å²) in [4.78, 5) is 14.3. The first kappa shape index (κ1) is 14.2. The van der Waals surface area contributed by atoms with Gasteiger partial charge in [-0.3, -0.25) is 10.1 Å². The molecule has 2 N–H and O–H groups in total. The number of anilines is 1. The van der Waals surface area contributed by atoms with E-state index in [1.807, 2.05) is 0 Å². The van der Waals surface area contributed by atoms with Crippen molar-refractivity contribution in [3.05, 3.63) is 63.3 Å². The van der Waals surface area contributed by atoms with Crippen LogP contribution < -0.4 is 5.32 Å². The highest BCUT2D eigenvalue weighted by atomic mass is 35.5. The summed E-state index contributed by atoms with van der Waals surface area (Å²) >= 11 is 5.80. The van der Waals surface area contributed by atoms with Crippen LogP contribution in [0.5, 0.6) is 0 Å². The first-order valence-corrected chi connectivity index (χ1v) is 6.22. The smallest absolute Gasteiger partial charge is 0.311 e. The SMILES string of the molecule is O=[N+]([O-])c1cccnc1NC(CO)c1ccc(Cl)cc1. The summed E-state index contributed by atoms with van der Waals surface area (Å²) in [5, 5.41) is 23.8. The summed E-state index contributed by atoms with van der Waals surface area (Å²) in [6, 6.07) is 9.20. The Labute approximate surface area is 120 Å². The molecule has 0 saturated heterocycles. The Morgan fingerprint density at radius 2 is 2.05 bits per heavy atom. The third-order valence-corrected chi connectivity index (χ3v) is 3.00. The number of nitro groups is 1. The van der Waals surface area contributed by atoms with Gasteiger partial charge in [0.05, 0.1) is 17.6 Å². The number of aliphatic hydroxyl groups excluding tert-OH is 1. The van der Waals surface area contributed by atoms with E-state index in [4.69, 9.17) is 11.6 Å². The van der Waals surface area contributed by atoms with Crippen LogP contribution in [0, 0.1) is 10.1 Å². The van der Waals surface area contributed by atoms with Crippen molar-refractivity contribution in [3.63, 3.8) is 0 Å². The van der Waals surface area contributed by atoms with Crippen molar-refractivity contribution in [2.75, 3.05) is 11.9 Å². The summed E-state index contributed by atoms with van der Waals surface area (Å²) in [6.07, 6.45) is 1.45. The molecular weight excluding hydrogens is 282 g/mol. The van der Waals surface area contributed by atoms with Gasteiger partial charge in [0.15, 0.2) is 0 Å². The minimum atomic E-state index is -0.522. The molecule has 0 saturated carbocycles. The molecule has 1 unspecified atom stereocenters. The fourth-order valence-corrected chi connectivity index (χ4v) is 1.88. The van der Waals surface area contributed by atoms with E-state index in [9.17, 15) is 15.2 Å². The number of benzene rings is 1. The lowest BCUT2D eigenvalue weighted by atomic mass is 10.1. The number of hydrogen-bond donors (Lipinski definition) is 2. The quantitative estimate of drug-likeness (QED) is 0.653. The topological polar surface area (TPSA) is 88.3 Å². The third kappa shape index (κ3) is 3.23. The third-order valence-electron chi connectivity index (χ3n) is 2.75. The number of nitrogens with zero attached hydrogens (tertiary/aromatic N) is 2. The molecule has 0 aliphatic carbocycles. The summed E-state index contributed by atoms with van der Waals surface area (Å²) in [6.45, 7) is -0.227. The fourth-order valence-electron chi connectivity index (χ4n) is 1.75. The van der Waals surface area contributed by atoms with Crippen LogP contribution in [0.2, 0.25) is 5.02 Å². The van der Waals surface area contributed by atoms with Gasteiger partial charge < -0.3 is 10.4 Å². The Bertz CT molecular complexity index is 604. The maximum absolute atomic E-state index is 10.9. The van der Waals surface area contributed by atoms with Crippen molar-refractivity contribution in [3.8, 4) is 0 Å². The molecule has 6 nitrogen and oxygen atoms in total. The lowest BCUT2D eigenvalue weighted by Gasteiger charge is -2.17. The van der Waals surface area contributed by atoms with Crippen LogP contribution in [0.4, 0.5) is 11.5 Å². The van der Waals surface area contributed by atoms with E-state index < -0.39 is 11.0 Å². The van der Waals surface area contributed by atoms with Crippen molar-refractivity contribution < 1.29 is 10.0 Å². The molecule has 20 heavy (non-hydrogen) atoms. The minimum Gasteiger partial charge on any atom is -0.394 e. The van der Waals surface area contributed by atoms with E-state index in [0.717, 1.165) is 5.56 Å². The van der Waals surface area contributed by atoms with Crippen molar-refractivity contribution in [1.29, 1.82) is 0 Å². The van der Waals surface area contributed by atoms with Crippen LogP contribution >= 0.6 is 11.6 Å². The van der Waals surface area contributed by atoms with Crippen LogP contribution in [0.3, 0.4) is 0 Å². The summed E-state index contributed by atoms with van der Waals surface area (Å²) in [5.41, 5.74) is 0.622. The van der Waals surface area contributed by atoms with E-state index in [1.165, 1.54) is 18.3 Å². The van der Waals surface area contributed by atoms with Gasteiger partial charge in [0, 0.05) is 17.3 Å². The number of hydrogen-bond acceptors (Lipinski definition) is 5. The monoisotopic (exact) mass is 293 g/mol. The Kier molecular flexibility index (Phi) is 4.49. The van der Waals surface area contributed by atoms with Crippen molar-refractivity contribution in [1.82, 2.24) is 4.98 Å². The molecule has 7 heteroatoms. The first-order valence-electron chi connectivity index (χ1n) is 5.84. The van der Waals surface area contributed by atoms with E-state index >= 15 is 0 Å². The van der Waals surface area contributed by atoms with Gasteiger partial charge in [-0.15, -0.1) is 0 Å². The largest absolute Gasteiger partial charge is 0.394 e. The van der Waals surface area contributed by atoms with Crippen molar-refractivity contribution >= 4 is 23.1 Å². The predicted molar refractivity (Wildman–Crippen MR) is 75.8 cm³/mol. The molecule has 0 aliphatic heterocycles. The van der Waals surface area contributed by atoms with Gasteiger partial charge in [-0.2, -0.15) is 0 Å². The maximum atomic E-state index is 10.9. The molecule has 0 bridgehead atoms. The lowest BCUT2D eigenvalue weighted by Crippen LogP contribution is -2.16. The molecule has 1 aromatic carbocycles. The summed E-state index contributed by atoms with van der Waals surface area (Å²) in [7, 11) is 0. The summed E-state index contributed by atoms with van der Waals surface area (Å²) in [5.74, 6) is 0.117. The molecule has 1 heterocycles. The van der Waals surface area contributed by atoms with E-state index in [0.29, 0.717) is 5.02 Å². The van der Waals surface area contributed by atoms with Gasteiger partial charge in [-0.05, 0) is 23.8 Å². The molecule has 1 aromatic heterocycles. The molecule has 0 aliphatic rings.